The third-order valence-corrected chi connectivity index (χ3v) is 5.71. The Balaban J connectivity index is 1.06. The highest BCUT2D eigenvalue weighted by atomic mass is 16.5. The monoisotopic (exact) mass is 477 g/mol. The molecule has 0 spiro atoms. The number of aromatic nitrogens is 4. The number of hydrogen-bond acceptors (Lipinski definition) is 7. The van der Waals surface area contributed by atoms with Crippen molar-refractivity contribution in [1.29, 1.82) is 0 Å². The highest BCUT2D eigenvalue weighted by Gasteiger charge is 2.05. The van der Waals surface area contributed by atoms with Gasteiger partial charge in [-0.2, -0.15) is 0 Å². The Morgan fingerprint density at radius 1 is 0.639 bits per heavy atom. The summed E-state index contributed by atoms with van der Waals surface area (Å²) in [5.74, 6) is 2.43. The summed E-state index contributed by atoms with van der Waals surface area (Å²) in [6.45, 7) is 1.89. The fourth-order valence-electron chi connectivity index (χ4n) is 3.82. The number of rotatable bonds is 11. The van der Waals surface area contributed by atoms with Gasteiger partial charge in [0.15, 0.2) is 11.5 Å². The SMILES string of the molecule is c1ccc(COc2cccc(CCOc3ccc(CCNc4ncnc5nccnc45)cc3)c2)cc1. The van der Waals surface area contributed by atoms with Crippen LogP contribution in [0.1, 0.15) is 16.7 Å². The van der Waals surface area contributed by atoms with Crippen LogP contribution in [0.2, 0.25) is 0 Å². The molecule has 0 atom stereocenters. The second-order valence-electron chi connectivity index (χ2n) is 8.29. The summed E-state index contributed by atoms with van der Waals surface area (Å²) >= 11 is 0. The van der Waals surface area contributed by atoms with Crippen molar-refractivity contribution in [3.05, 3.63) is 114 Å². The van der Waals surface area contributed by atoms with E-state index in [1.54, 1.807) is 12.4 Å². The minimum atomic E-state index is 0.562. The van der Waals surface area contributed by atoms with E-state index in [2.05, 4.69) is 61.7 Å². The van der Waals surface area contributed by atoms with Crippen molar-refractivity contribution in [2.24, 2.45) is 0 Å². The molecule has 5 rings (SSSR count). The zero-order valence-corrected chi connectivity index (χ0v) is 19.9. The summed E-state index contributed by atoms with van der Waals surface area (Å²) in [6, 6.07) is 26.6. The van der Waals surface area contributed by atoms with Crippen molar-refractivity contribution in [2.45, 2.75) is 19.4 Å². The molecule has 0 aliphatic heterocycles. The quantitative estimate of drug-likeness (QED) is 0.277. The molecule has 3 aromatic carbocycles. The Bertz CT molecular complexity index is 1390. The number of nitrogens with zero attached hydrogens (tertiary/aromatic N) is 4. The van der Waals surface area contributed by atoms with Crippen molar-refractivity contribution in [1.82, 2.24) is 19.9 Å². The van der Waals surface area contributed by atoms with Crippen molar-refractivity contribution < 1.29 is 9.47 Å². The van der Waals surface area contributed by atoms with Crippen LogP contribution in [0, 0.1) is 0 Å². The molecular weight excluding hydrogens is 450 g/mol. The van der Waals surface area contributed by atoms with Crippen LogP contribution in [0.25, 0.3) is 11.2 Å². The van der Waals surface area contributed by atoms with Crippen LogP contribution in [0.5, 0.6) is 11.5 Å². The molecule has 1 N–H and O–H groups in total. The minimum Gasteiger partial charge on any atom is -0.493 e. The van der Waals surface area contributed by atoms with Gasteiger partial charge in [0, 0.05) is 25.4 Å². The van der Waals surface area contributed by atoms with Gasteiger partial charge in [0.05, 0.1) is 6.61 Å². The number of hydrogen-bond donors (Lipinski definition) is 1. The molecule has 2 heterocycles. The summed E-state index contributed by atoms with van der Waals surface area (Å²) in [7, 11) is 0. The number of nitrogens with one attached hydrogen (secondary N) is 1. The molecule has 0 aliphatic rings. The molecule has 7 nitrogen and oxygen atoms in total. The molecule has 7 heteroatoms. The van der Waals surface area contributed by atoms with Gasteiger partial charge >= 0.3 is 0 Å². The second kappa shape index (κ2) is 11.8. The minimum absolute atomic E-state index is 0.562. The Hall–Kier alpha value is -4.52. The van der Waals surface area contributed by atoms with E-state index >= 15 is 0 Å². The highest BCUT2D eigenvalue weighted by Crippen LogP contribution is 2.18. The molecule has 0 amide bonds. The van der Waals surface area contributed by atoms with Crippen LogP contribution < -0.4 is 14.8 Å². The molecule has 0 saturated carbocycles. The Labute approximate surface area is 210 Å². The lowest BCUT2D eigenvalue weighted by Gasteiger charge is -2.10. The first-order chi connectivity index (χ1) is 17.8. The van der Waals surface area contributed by atoms with Crippen LogP contribution in [-0.2, 0) is 19.4 Å². The fraction of sp³-hybridized carbons (Fsp3) is 0.172. The normalized spacial score (nSPS) is 10.8. The van der Waals surface area contributed by atoms with E-state index in [0.717, 1.165) is 36.4 Å². The summed E-state index contributed by atoms with van der Waals surface area (Å²) in [5, 5.41) is 3.33. The van der Waals surface area contributed by atoms with Gasteiger partial charge in [-0.1, -0.05) is 54.6 Å². The lowest BCUT2D eigenvalue weighted by molar-refractivity contribution is 0.304. The molecule has 0 aliphatic carbocycles. The van der Waals surface area contributed by atoms with Gasteiger partial charge in [-0.3, -0.25) is 0 Å². The molecule has 2 aromatic heterocycles. The van der Waals surface area contributed by atoms with Gasteiger partial charge in [-0.15, -0.1) is 0 Å². The molecule has 0 saturated heterocycles. The molecule has 0 unspecified atom stereocenters. The van der Waals surface area contributed by atoms with E-state index in [-0.39, 0.29) is 0 Å². The number of ether oxygens (including phenoxy) is 2. The molecule has 0 fully saturated rings. The van der Waals surface area contributed by atoms with Gasteiger partial charge in [0.2, 0.25) is 0 Å². The average Bonchev–Trinajstić information content (AvgIpc) is 2.94. The van der Waals surface area contributed by atoms with Crippen molar-refractivity contribution in [2.75, 3.05) is 18.5 Å². The second-order valence-corrected chi connectivity index (χ2v) is 8.29. The standard InChI is InChI=1S/C29H27N5O2/c1-2-5-24(6-3-1)20-36-26-8-4-7-23(19-26)14-18-35-25-11-9-22(10-12-25)13-15-31-28-27-29(34-21-33-28)32-17-16-30-27/h1-12,16-17,19,21H,13-15,18,20H2,(H,31,32,33,34). The smallest absolute Gasteiger partial charge is 0.183 e. The number of fused-ring (bicyclic) bond motifs is 1. The van der Waals surface area contributed by atoms with Crippen LogP contribution in [0.4, 0.5) is 5.82 Å². The lowest BCUT2D eigenvalue weighted by atomic mass is 10.1. The molecule has 180 valence electrons. The predicted molar refractivity (Wildman–Crippen MR) is 140 cm³/mol. The zero-order chi connectivity index (χ0) is 24.4. The number of benzene rings is 3. The maximum Gasteiger partial charge on any atom is 0.183 e. The van der Waals surface area contributed by atoms with Crippen LogP contribution >= 0.6 is 0 Å². The van der Waals surface area contributed by atoms with Crippen molar-refractivity contribution in [3.63, 3.8) is 0 Å². The van der Waals surface area contributed by atoms with E-state index in [0.29, 0.717) is 30.2 Å². The molecule has 0 radical (unpaired) electrons. The first kappa shape index (κ1) is 23.2. The average molecular weight is 478 g/mol. The number of anilines is 1. The van der Waals surface area contributed by atoms with E-state index in [1.807, 2.05) is 42.5 Å². The molecule has 36 heavy (non-hydrogen) atoms. The molecule has 0 bridgehead atoms. The van der Waals surface area contributed by atoms with Crippen LogP contribution in [0.15, 0.2) is 97.6 Å². The van der Waals surface area contributed by atoms with Crippen molar-refractivity contribution >= 4 is 17.0 Å². The Morgan fingerprint density at radius 2 is 1.47 bits per heavy atom. The summed E-state index contributed by atoms with van der Waals surface area (Å²) < 4.78 is 11.9. The summed E-state index contributed by atoms with van der Waals surface area (Å²) in [5.41, 5.74) is 4.81. The van der Waals surface area contributed by atoms with Gasteiger partial charge in [0.25, 0.3) is 0 Å². The van der Waals surface area contributed by atoms with Crippen LogP contribution in [-0.4, -0.2) is 33.1 Å². The van der Waals surface area contributed by atoms with E-state index in [1.165, 1.54) is 17.5 Å². The van der Waals surface area contributed by atoms with Gasteiger partial charge < -0.3 is 14.8 Å². The first-order valence-electron chi connectivity index (χ1n) is 12.0. The van der Waals surface area contributed by atoms with Gasteiger partial charge in [-0.25, -0.2) is 19.9 Å². The van der Waals surface area contributed by atoms with Gasteiger partial charge in [-0.05, 0) is 47.4 Å². The largest absolute Gasteiger partial charge is 0.493 e. The predicted octanol–water partition coefficient (Wildman–Crippen LogP) is 5.27. The van der Waals surface area contributed by atoms with E-state index in [4.69, 9.17) is 9.47 Å². The summed E-state index contributed by atoms with van der Waals surface area (Å²) in [4.78, 5) is 17.0. The fourth-order valence-corrected chi connectivity index (χ4v) is 3.82. The Kier molecular flexibility index (Phi) is 7.58. The molecule has 5 aromatic rings. The topological polar surface area (TPSA) is 82.0 Å². The maximum atomic E-state index is 5.97. The third-order valence-electron chi connectivity index (χ3n) is 5.71. The van der Waals surface area contributed by atoms with E-state index in [9.17, 15) is 0 Å². The lowest BCUT2D eigenvalue weighted by Crippen LogP contribution is -2.08. The van der Waals surface area contributed by atoms with Crippen LogP contribution in [0.3, 0.4) is 0 Å². The Morgan fingerprint density at radius 3 is 2.36 bits per heavy atom. The van der Waals surface area contributed by atoms with E-state index < -0.39 is 0 Å². The zero-order valence-electron chi connectivity index (χ0n) is 19.9. The first-order valence-corrected chi connectivity index (χ1v) is 12.0. The van der Waals surface area contributed by atoms with Gasteiger partial charge in [0.1, 0.15) is 29.9 Å². The third kappa shape index (κ3) is 6.33. The molecular formula is C29H27N5O2. The summed E-state index contributed by atoms with van der Waals surface area (Å²) in [6.07, 6.45) is 6.43. The highest BCUT2D eigenvalue weighted by molar-refractivity contribution is 5.81. The maximum absolute atomic E-state index is 5.97. The van der Waals surface area contributed by atoms with Crippen molar-refractivity contribution in [3.8, 4) is 11.5 Å².